The molecule has 1 aromatic heterocycles. The molecule has 3 heterocycles. The van der Waals surface area contributed by atoms with E-state index in [0.717, 1.165) is 19.7 Å². The van der Waals surface area contributed by atoms with Crippen LogP contribution in [0.15, 0.2) is 12.3 Å². The largest absolute Gasteiger partial charge is 0.478 e. The number of fused-ring (bicyclic) bond motifs is 1. The molecule has 0 bridgehead atoms. The van der Waals surface area contributed by atoms with E-state index >= 15 is 0 Å². The third kappa shape index (κ3) is 3.28. The Morgan fingerprint density at radius 3 is 3.24 bits per heavy atom. The molecule has 2 saturated heterocycles. The molecule has 7 heteroatoms. The van der Waals surface area contributed by atoms with Crippen LogP contribution in [0.3, 0.4) is 0 Å². The molecule has 2 N–H and O–H groups in total. The van der Waals surface area contributed by atoms with Gasteiger partial charge in [-0.1, -0.05) is 11.6 Å². The minimum atomic E-state index is -1.04. The number of rotatable bonds is 4. The Labute approximate surface area is 128 Å². The summed E-state index contributed by atoms with van der Waals surface area (Å²) in [5, 5.41) is 12.3. The predicted molar refractivity (Wildman–Crippen MR) is 79.0 cm³/mol. The Bertz CT molecular complexity index is 540. The molecule has 21 heavy (non-hydrogen) atoms. The fourth-order valence-electron chi connectivity index (χ4n) is 2.90. The van der Waals surface area contributed by atoms with Crippen LogP contribution >= 0.6 is 11.6 Å². The number of carboxylic acid groups (broad SMARTS) is 1. The number of carbonyl (C=O) groups is 1. The zero-order valence-electron chi connectivity index (χ0n) is 11.6. The molecule has 2 atom stereocenters. The van der Waals surface area contributed by atoms with Gasteiger partial charge in [-0.15, -0.1) is 0 Å². The van der Waals surface area contributed by atoms with Crippen molar-refractivity contribution in [2.24, 2.45) is 0 Å². The number of nitrogens with one attached hydrogen (secondary N) is 1. The zero-order chi connectivity index (χ0) is 14.8. The van der Waals surface area contributed by atoms with Crippen LogP contribution in [0.5, 0.6) is 0 Å². The van der Waals surface area contributed by atoms with Gasteiger partial charge in [0.2, 0.25) is 0 Å². The summed E-state index contributed by atoms with van der Waals surface area (Å²) in [4.78, 5) is 17.4. The third-order valence-electron chi connectivity index (χ3n) is 4.05. The third-order valence-corrected chi connectivity index (χ3v) is 4.33. The molecule has 3 rings (SSSR count). The molecular formula is C14H18ClN3O3. The summed E-state index contributed by atoms with van der Waals surface area (Å²) in [7, 11) is 0. The second-order valence-electron chi connectivity index (χ2n) is 5.49. The first kappa shape index (κ1) is 14.6. The lowest BCUT2D eigenvalue weighted by Crippen LogP contribution is -2.48. The number of nitrogens with zero attached hydrogens (tertiary/aromatic N) is 2. The van der Waals surface area contributed by atoms with Gasteiger partial charge >= 0.3 is 5.97 Å². The number of aromatic carboxylic acids is 1. The number of hydrogen-bond donors (Lipinski definition) is 2. The highest BCUT2D eigenvalue weighted by molar-refractivity contribution is 6.33. The maximum absolute atomic E-state index is 10.8. The molecule has 0 aliphatic carbocycles. The Morgan fingerprint density at radius 1 is 1.62 bits per heavy atom. The lowest BCUT2D eigenvalue weighted by Gasteiger charge is -2.35. The van der Waals surface area contributed by atoms with Gasteiger partial charge in [-0.25, -0.2) is 9.78 Å². The number of aromatic nitrogens is 1. The highest BCUT2D eigenvalue weighted by Crippen LogP contribution is 2.24. The molecule has 114 valence electrons. The molecule has 6 nitrogen and oxygen atoms in total. The minimum Gasteiger partial charge on any atom is -0.478 e. The lowest BCUT2D eigenvalue weighted by molar-refractivity contribution is -0.0416. The van der Waals surface area contributed by atoms with Gasteiger partial charge in [-0.2, -0.15) is 0 Å². The molecule has 2 fully saturated rings. The van der Waals surface area contributed by atoms with E-state index in [0.29, 0.717) is 23.4 Å². The van der Waals surface area contributed by atoms with Gasteiger partial charge < -0.3 is 15.2 Å². The first-order chi connectivity index (χ1) is 10.1. The van der Waals surface area contributed by atoms with E-state index in [1.54, 1.807) is 0 Å². The molecule has 0 amide bonds. The molecular weight excluding hydrogens is 294 g/mol. The van der Waals surface area contributed by atoms with Gasteiger partial charge in [-0.3, -0.25) is 4.90 Å². The van der Waals surface area contributed by atoms with Crippen molar-refractivity contribution in [3.63, 3.8) is 0 Å². The van der Waals surface area contributed by atoms with Crippen LogP contribution in [0.1, 0.15) is 23.2 Å². The van der Waals surface area contributed by atoms with Gasteiger partial charge in [0.15, 0.2) is 0 Å². The highest BCUT2D eigenvalue weighted by atomic mass is 35.5. The van der Waals surface area contributed by atoms with Crippen molar-refractivity contribution in [3.8, 4) is 0 Å². The van der Waals surface area contributed by atoms with Crippen LogP contribution in [-0.2, 0) is 4.74 Å². The summed E-state index contributed by atoms with van der Waals surface area (Å²) in [5.74, 6) is -0.541. The average Bonchev–Trinajstić information content (AvgIpc) is 2.93. The second-order valence-corrected chi connectivity index (χ2v) is 5.89. The van der Waals surface area contributed by atoms with Crippen molar-refractivity contribution in [1.82, 2.24) is 9.88 Å². The van der Waals surface area contributed by atoms with Gasteiger partial charge in [-0.05, 0) is 25.5 Å². The summed E-state index contributed by atoms with van der Waals surface area (Å²) in [5.41, 5.74) is 0.0828. The lowest BCUT2D eigenvalue weighted by atomic mass is 10.2. The van der Waals surface area contributed by atoms with Gasteiger partial charge in [0.05, 0.1) is 23.3 Å². The fourth-order valence-corrected chi connectivity index (χ4v) is 3.14. The van der Waals surface area contributed by atoms with E-state index in [1.807, 2.05) is 0 Å². The van der Waals surface area contributed by atoms with Crippen LogP contribution in [0.4, 0.5) is 5.82 Å². The Balaban J connectivity index is 1.56. The van der Waals surface area contributed by atoms with Crippen molar-refractivity contribution in [3.05, 3.63) is 22.8 Å². The van der Waals surface area contributed by atoms with Gasteiger partial charge in [0.25, 0.3) is 0 Å². The molecule has 1 aromatic rings. The number of carboxylic acids is 1. The van der Waals surface area contributed by atoms with Crippen LogP contribution in [0.2, 0.25) is 5.02 Å². The van der Waals surface area contributed by atoms with Crippen molar-refractivity contribution < 1.29 is 14.6 Å². The molecule has 2 aliphatic rings. The molecule has 0 saturated carbocycles. The smallest absolute Gasteiger partial charge is 0.337 e. The Hall–Kier alpha value is -1.37. The fraction of sp³-hybridized carbons (Fsp3) is 0.571. The number of pyridine rings is 1. The Kier molecular flexibility index (Phi) is 4.28. The normalized spacial score (nSPS) is 25.6. The molecule has 0 aromatic carbocycles. The van der Waals surface area contributed by atoms with E-state index in [-0.39, 0.29) is 11.7 Å². The van der Waals surface area contributed by atoms with Crippen LogP contribution in [0, 0.1) is 0 Å². The Morgan fingerprint density at radius 2 is 2.48 bits per heavy atom. The van der Waals surface area contributed by atoms with Crippen molar-refractivity contribution >= 4 is 23.4 Å². The monoisotopic (exact) mass is 311 g/mol. The van der Waals surface area contributed by atoms with Crippen molar-refractivity contribution in [1.29, 1.82) is 0 Å². The number of ether oxygens (including phenoxy) is 1. The molecule has 0 spiro atoms. The first-order valence-corrected chi connectivity index (χ1v) is 7.49. The first-order valence-electron chi connectivity index (χ1n) is 7.12. The van der Waals surface area contributed by atoms with Crippen molar-refractivity contribution in [2.75, 3.05) is 31.6 Å². The van der Waals surface area contributed by atoms with E-state index in [1.165, 1.54) is 25.1 Å². The average molecular weight is 312 g/mol. The summed E-state index contributed by atoms with van der Waals surface area (Å²) in [6, 6.07) is 1.98. The summed E-state index contributed by atoms with van der Waals surface area (Å²) >= 11 is 6.04. The van der Waals surface area contributed by atoms with Crippen molar-refractivity contribution in [2.45, 2.75) is 25.0 Å². The maximum Gasteiger partial charge on any atom is 0.337 e. The number of halogens is 1. The minimum absolute atomic E-state index is 0.0828. The highest BCUT2D eigenvalue weighted by Gasteiger charge is 2.32. The number of hydrogen-bond acceptors (Lipinski definition) is 5. The number of morpholine rings is 1. The van der Waals surface area contributed by atoms with Gasteiger partial charge in [0, 0.05) is 25.3 Å². The summed E-state index contributed by atoms with van der Waals surface area (Å²) in [6.07, 6.45) is 3.88. The quantitative estimate of drug-likeness (QED) is 0.882. The summed E-state index contributed by atoms with van der Waals surface area (Å²) < 4.78 is 5.85. The van der Waals surface area contributed by atoms with E-state index < -0.39 is 5.97 Å². The topological polar surface area (TPSA) is 74.7 Å². The van der Waals surface area contributed by atoms with E-state index in [4.69, 9.17) is 21.4 Å². The SMILES string of the molecule is O=C(O)c1cnc(NCC2CN3CCCC3CO2)c(Cl)c1. The summed E-state index contributed by atoms with van der Waals surface area (Å²) in [6.45, 7) is 3.47. The number of anilines is 1. The molecule has 2 aliphatic heterocycles. The van der Waals surface area contributed by atoms with E-state index in [9.17, 15) is 4.79 Å². The molecule has 2 unspecified atom stereocenters. The van der Waals surface area contributed by atoms with Crippen LogP contribution in [-0.4, -0.2) is 59.3 Å². The van der Waals surface area contributed by atoms with Gasteiger partial charge in [0.1, 0.15) is 5.82 Å². The zero-order valence-corrected chi connectivity index (χ0v) is 12.3. The van der Waals surface area contributed by atoms with Crippen LogP contribution < -0.4 is 5.32 Å². The second kappa shape index (κ2) is 6.17. The molecule has 0 radical (unpaired) electrons. The van der Waals surface area contributed by atoms with E-state index in [2.05, 4.69) is 15.2 Å². The predicted octanol–water partition coefficient (Wildman–Crippen LogP) is 1.71. The standard InChI is InChI=1S/C14H18ClN3O3/c15-12-4-9(14(19)20)5-16-13(12)17-6-11-7-18-3-1-2-10(18)8-21-11/h4-5,10-11H,1-3,6-8H2,(H,16,17)(H,19,20). The maximum atomic E-state index is 10.8. The van der Waals surface area contributed by atoms with Crippen LogP contribution in [0.25, 0.3) is 0 Å².